The summed E-state index contributed by atoms with van der Waals surface area (Å²) in [6, 6.07) is 0. The van der Waals surface area contributed by atoms with Gasteiger partial charge in [-0.2, -0.15) is 0 Å². The van der Waals surface area contributed by atoms with Gasteiger partial charge >= 0.3 is 5.97 Å². The van der Waals surface area contributed by atoms with Crippen LogP contribution in [-0.2, 0) is 4.79 Å². The molecule has 3 aliphatic carbocycles. The Morgan fingerprint density at radius 3 is 2.53 bits per heavy atom. The lowest BCUT2D eigenvalue weighted by Gasteiger charge is -2.61. The van der Waals surface area contributed by atoms with Gasteiger partial charge in [0.15, 0.2) is 0 Å². The topological polar surface area (TPSA) is 37.3 Å². The summed E-state index contributed by atoms with van der Waals surface area (Å²) >= 11 is 0. The Kier molecular flexibility index (Phi) is 2.56. The number of fused-ring (bicyclic) bond motifs is 2. The van der Waals surface area contributed by atoms with Crippen LogP contribution in [0.1, 0.15) is 46.5 Å². The minimum atomic E-state index is -0.580. The van der Waals surface area contributed by atoms with Crippen molar-refractivity contribution in [3.05, 3.63) is 0 Å². The summed E-state index contributed by atoms with van der Waals surface area (Å²) in [6.07, 6.45) is 4.46. The second kappa shape index (κ2) is 3.50. The third-order valence-corrected chi connectivity index (χ3v) is 5.19. The van der Waals surface area contributed by atoms with Crippen molar-refractivity contribution in [3.63, 3.8) is 0 Å². The lowest BCUT2D eigenvalue weighted by atomic mass is 9.44. The third-order valence-electron chi connectivity index (χ3n) is 5.19. The fourth-order valence-electron chi connectivity index (χ4n) is 4.01. The van der Waals surface area contributed by atoms with Crippen LogP contribution in [0.3, 0.4) is 0 Å². The molecule has 0 spiro atoms. The van der Waals surface area contributed by atoms with Crippen molar-refractivity contribution in [2.75, 3.05) is 0 Å². The maximum absolute atomic E-state index is 11.2. The molecule has 0 aromatic rings. The molecule has 0 aromatic carbocycles. The van der Waals surface area contributed by atoms with Crippen molar-refractivity contribution >= 4 is 5.97 Å². The van der Waals surface area contributed by atoms with Gasteiger partial charge in [-0.05, 0) is 48.9 Å². The van der Waals surface area contributed by atoms with Crippen molar-refractivity contribution in [1.29, 1.82) is 0 Å². The van der Waals surface area contributed by atoms with E-state index in [2.05, 4.69) is 13.8 Å². The first-order valence-corrected chi connectivity index (χ1v) is 6.21. The summed E-state index contributed by atoms with van der Waals surface area (Å²) in [4.78, 5) is 11.2. The molecule has 0 aromatic heterocycles. The molecule has 0 aliphatic heterocycles. The number of aliphatic carboxylic acids is 1. The predicted octanol–water partition coefficient (Wildman–Crippen LogP) is 3.17. The number of carbonyl (C=O) groups is 1. The zero-order valence-electron chi connectivity index (χ0n) is 9.99. The maximum Gasteiger partial charge on any atom is 0.306 e. The highest BCUT2D eigenvalue weighted by atomic mass is 16.4. The molecule has 2 heteroatoms. The maximum atomic E-state index is 11.2. The lowest BCUT2D eigenvalue weighted by molar-refractivity contribution is -0.158. The highest BCUT2D eigenvalue weighted by Gasteiger charge is 2.56. The Labute approximate surface area is 92.1 Å². The van der Waals surface area contributed by atoms with Gasteiger partial charge in [0.2, 0.25) is 0 Å². The summed E-state index contributed by atoms with van der Waals surface area (Å²) in [5.41, 5.74) is 0.409. The average molecular weight is 210 g/mol. The standard InChI is InChI=1S/C13H22O2/c1-4-9(12(14)15)10-6-5-8-7-11(10)13(8,2)3/h8-11H,4-7H2,1-3H3,(H,14,15). The van der Waals surface area contributed by atoms with E-state index in [0.717, 1.165) is 18.8 Å². The molecule has 1 N–H and O–H groups in total. The summed E-state index contributed by atoms with van der Waals surface area (Å²) in [5.74, 6) is 1.29. The zero-order chi connectivity index (χ0) is 11.2. The smallest absolute Gasteiger partial charge is 0.306 e. The Bertz CT molecular complexity index is 268. The van der Waals surface area contributed by atoms with E-state index < -0.39 is 5.97 Å². The molecule has 2 nitrogen and oxygen atoms in total. The highest BCUT2D eigenvalue weighted by molar-refractivity contribution is 5.70. The molecule has 3 rings (SSSR count). The van der Waals surface area contributed by atoms with Crippen molar-refractivity contribution in [2.24, 2.45) is 29.1 Å². The summed E-state index contributed by atoms with van der Waals surface area (Å²) in [7, 11) is 0. The largest absolute Gasteiger partial charge is 0.481 e. The third kappa shape index (κ3) is 1.49. The fourth-order valence-corrected chi connectivity index (χ4v) is 4.01. The van der Waals surface area contributed by atoms with Crippen LogP contribution in [0.2, 0.25) is 0 Å². The van der Waals surface area contributed by atoms with Crippen LogP contribution in [0.25, 0.3) is 0 Å². The molecule has 2 bridgehead atoms. The monoisotopic (exact) mass is 210 g/mol. The van der Waals surface area contributed by atoms with Crippen molar-refractivity contribution in [2.45, 2.75) is 46.5 Å². The van der Waals surface area contributed by atoms with Gasteiger partial charge in [0.1, 0.15) is 0 Å². The minimum Gasteiger partial charge on any atom is -0.481 e. The van der Waals surface area contributed by atoms with E-state index in [1.165, 1.54) is 12.8 Å². The van der Waals surface area contributed by atoms with Gasteiger partial charge in [-0.25, -0.2) is 0 Å². The second-order valence-electron chi connectivity index (χ2n) is 5.95. The molecule has 0 saturated heterocycles. The molecule has 3 fully saturated rings. The fraction of sp³-hybridized carbons (Fsp3) is 0.923. The van der Waals surface area contributed by atoms with Crippen molar-refractivity contribution in [3.8, 4) is 0 Å². The number of rotatable bonds is 3. The predicted molar refractivity (Wildman–Crippen MR) is 59.5 cm³/mol. The van der Waals surface area contributed by atoms with Crippen LogP contribution >= 0.6 is 0 Å². The van der Waals surface area contributed by atoms with Crippen LogP contribution in [0.15, 0.2) is 0 Å². The zero-order valence-corrected chi connectivity index (χ0v) is 9.99. The van der Waals surface area contributed by atoms with Crippen LogP contribution in [-0.4, -0.2) is 11.1 Å². The van der Waals surface area contributed by atoms with Crippen molar-refractivity contribution in [1.82, 2.24) is 0 Å². The average Bonchev–Trinajstić information content (AvgIpc) is 2.18. The van der Waals surface area contributed by atoms with Gasteiger partial charge in [0.05, 0.1) is 5.92 Å². The molecular formula is C13H22O2. The first kappa shape index (κ1) is 11.0. The summed E-state index contributed by atoms with van der Waals surface area (Å²) in [6.45, 7) is 6.66. The molecule has 3 saturated carbocycles. The van der Waals surface area contributed by atoms with Gasteiger partial charge in [0.25, 0.3) is 0 Å². The Balaban J connectivity index is 2.13. The van der Waals surface area contributed by atoms with E-state index in [1.54, 1.807) is 0 Å². The van der Waals surface area contributed by atoms with E-state index in [0.29, 0.717) is 17.3 Å². The van der Waals surface area contributed by atoms with Gasteiger partial charge in [-0.15, -0.1) is 0 Å². The van der Waals surface area contributed by atoms with E-state index in [9.17, 15) is 9.90 Å². The SMILES string of the molecule is CCC(C(=O)O)C1CCC2CC1C2(C)C. The van der Waals surface area contributed by atoms with Crippen molar-refractivity contribution < 1.29 is 9.90 Å². The quantitative estimate of drug-likeness (QED) is 0.776. The molecular weight excluding hydrogens is 188 g/mol. The summed E-state index contributed by atoms with van der Waals surface area (Å²) in [5, 5.41) is 9.23. The van der Waals surface area contributed by atoms with E-state index in [4.69, 9.17) is 0 Å². The number of hydrogen-bond donors (Lipinski definition) is 1. The van der Waals surface area contributed by atoms with E-state index >= 15 is 0 Å². The molecule has 0 heterocycles. The normalized spacial score (nSPS) is 39.3. The highest BCUT2D eigenvalue weighted by Crippen LogP contribution is 2.62. The first-order chi connectivity index (χ1) is 6.98. The Morgan fingerprint density at radius 2 is 2.13 bits per heavy atom. The molecule has 4 atom stereocenters. The number of carboxylic acid groups (broad SMARTS) is 1. The minimum absolute atomic E-state index is 0.101. The number of carboxylic acids is 1. The molecule has 3 aliphatic rings. The number of hydrogen-bond acceptors (Lipinski definition) is 1. The van der Waals surface area contributed by atoms with Gasteiger partial charge in [-0.1, -0.05) is 20.8 Å². The van der Waals surface area contributed by atoms with Gasteiger partial charge in [0, 0.05) is 0 Å². The van der Waals surface area contributed by atoms with E-state index in [1.807, 2.05) is 6.92 Å². The lowest BCUT2D eigenvalue weighted by Crippen LogP contribution is -2.54. The molecule has 4 unspecified atom stereocenters. The Hall–Kier alpha value is -0.530. The van der Waals surface area contributed by atoms with Gasteiger partial charge in [-0.3, -0.25) is 4.79 Å². The summed E-state index contributed by atoms with van der Waals surface area (Å²) < 4.78 is 0. The molecule has 15 heavy (non-hydrogen) atoms. The molecule has 0 amide bonds. The van der Waals surface area contributed by atoms with Crippen LogP contribution in [0, 0.1) is 29.1 Å². The first-order valence-electron chi connectivity index (χ1n) is 6.21. The molecule has 86 valence electrons. The van der Waals surface area contributed by atoms with E-state index in [-0.39, 0.29) is 5.92 Å². The van der Waals surface area contributed by atoms with Crippen LogP contribution in [0.5, 0.6) is 0 Å². The second-order valence-corrected chi connectivity index (χ2v) is 5.95. The van der Waals surface area contributed by atoms with Gasteiger partial charge < -0.3 is 5.11 Å². The molecule has 0 radical (unpaired) electrons. The Morgan fingerprint density at radius 1 is 1.47 bits per heavy atom. The van der Waals surface area contributed by atoms with Crippen LogP contribution < -0.4 is 0 Å². The van der Waals surface area contributed by atoms with Crippen LogP contribution in [0.4, 0.5) is 0 Å².